The third-order valence-electron chi connectivity index (χ3n) is 6.06. The Morgan fingerprint density at radius 2 is 1.71 bits per heavy atom. The predicted molar refractivity (Wildman–Crippen MR) is 116 cm³/mol. The summed E-state index contributed by atoms with van der Waals surface area (Å²) in [5, 5.41) is 2.84. The molecule has 4 amide bonds. The van der Waals surface area contributed by atoms with E-state index in [1.165, 1.54) is 9.80 Å². The van der Waals surface area contributed by atoms with Gasteiger partial charge >= 0.3 is 0 Å². The van der Waals surface area contributed by atoms with E-state index in [1.54, 1.807) is 6.92 Å². The highest BCUT2D eigenvalue weighted by Gasteiger charge is 2.47. The minimum absolute atomic E-state index is 0.00256. The number of hydrogen-bond donors (Lipinski definition) is 1. The minimum atomic E-state index is -0.656. The fourth-order valence-corrected chi connectivity index (χ4v) is 4.20. The zero-order valence-corrected chi connectivity index (χ0v) is 18.3. The van der Waals surface area contributed by atoms with E-state index in [1.807, 2.05) is 49.4 Å². The molecule has 7 heteroatoms. The molecule has 0 radical (unpaired) electrons. The molecule has 0 spiro atoms. The van der Waals surface area contributed by atoms with Gasteiger partial charge in [-0.3, -0.25) is 24.1 Å². The summed E-state index contributed by atoms with van der Waals surface area (Å²) in [6, 6.07) is 8.82. The average molecular weight is 426 g/mol. The second-order valence-corrected chi connectivity index (χ2v) is 8.21. The molecule has 31 heavy (non-hydrogen) atoms. The van der Waals surface area contributed by atoms with E-state index in [4.69, 9.17) is 0 Å². The monoisotopic (exact) mass is 425 g/mol. The third-order valence-corrected chi connectivity index (χ3v) is 6.06. The van der Waals surface area contributed by atoms with Gasteiger partial charge in [-0.1, -0.05) is 49.4 Å². The van der Waals surface area contributed by atoms with Crippen molar-refractivity contribution in [3.63, 3.8) is 0 Å². The molecule has 1 fully saturated rings. The summed E-state index contributed by atoms with van der Waals surface area (Å²) in [6.07, 6.45) is 5.85. The van der Waals surface area contributed by atoms with Crippen LogP contribution in [0.25, 0.3) is 0 Å². The SMILES string of the molecule is CCCNC(=O)[C@H](C)N(Cc1ccccc1)C(=O)CCN1C(=O)[C@H]2CC=CC[C@H]2C1=O. The van der Waals surface area contributed by atoms with Gasteiger partial charge in [0.1, 0.15) is 6.04 Å². The first-order valence-electron chi connectivity index (χ1n) is 11.0. The first kappa shape index (κ1) is 22.7. The molecule has 2 aliphatic rings. The number of likely N-dealkylation sites (tertiary alicyclic amines) is 1. The van der Waals surface area contributed by atoms with Crippen LogP contribution in [0, 0.1) is 11.8 Å². The van der Waals surface area contributed by atoms with Crippen LogP contribution in [0.15, 0.2) is 42.5 Å². The average Bonchev–Trinajstić information content (AvgIpc) is 3.04. The summed E-state index contributed by atoms with van der Waals surface area (Å²) >= 11 is 0. The standard InChI is InChI=1S/C24H31N3O4/c1-3-14-25-22(29)17(2)27(16-18-9-5-4-6-10-18)21(28)13-15-26-23(30)19-11-7-8-12-20(19)24(26)31/h4-10,17,19-20H,3,11-16H2,1-2H3,(H,25,29)/t17-,19-,20+/m0/s1. The number of fused-ring (bicyclic) bond motifs is 1. The molecule has 0 aromatic heterocycles. The van der Waals surface area contributed by atoms with Gasteiger partial charge in [-0.05, 0) is 31.7 Å². The van der Waals surface area contributed by atoms with Crippen LogP contribution in [0.1, 0.15) is 45.1 Å². The smallest absolute Gasteiger partial charge is 0.242 e. The zero-order chi connectivity index (χ0) is 22.4. The lowest BCUT2D eigenvalue weighted by atomic mass is 9.85. The topological polar surface area (TPSA) is 86.8 Å². The molecule has 1 N–H and O–H groups in total. The molecular formula is C24H31N3O4. The van der Waals surface area contributed by atoms with Crippen molar-refractivity contribution in [2.45, 2.75) is 52.1 Å². The Morgan fingerprint density at radius 3 is 2.29 bits per heavy atom. The molecule has 1 aromatic rings. The van der Waals surface area contributed by atoms with E-state index in [-0.39, 0.29) is 55.0 Å². The zero-order valence-electron chi connectivity index (χ0n) is 18.3. The van der Waals surface area contributed by atoms with Crippen molar-refractivity contribution in [1.29, 1.82) is 0 Å². The van der Waals surface area contributed by atoms with Crippen molar-refractivity contribution in [3.8, 4) is 0 Å². The lowest BCUT2D eigenvalue weighted by molar-refractivity contribution is -0.143. The number of imide groups is 1. The number of carbonyl (C=O) groups excluding carboxylic acids is 4. The number of rotatable bonds is 9. The molecule has 0 unspecified atom stereocenters. The van der Waals surface area contributed by atoms with E-state index in [0.717, 1.165) is 12.0 Å². The van der Waals surface area contributed by atoms with E-state index in [0.29, 0.717) is 19.4 Å². The van der Waals surface area contributed by atoms with Crippen LogP contribution in [0.3, 0.4) is 0 Å². The van der Waals surface area contributed by atoms with E-state index < -0.39 is 6.04 Å². The first-order chi connectivity index (χ1) is 14.9. The Kier molecular flexibility index (Phi) is 7.60. The number of nitrogens with zero attached hydrogens (tertiary/aromatic N) is 2. The quantitative estimate of drug-likeness (QED) is 0.486. The number of hydrogen-bond acceptors (Lipinski definition) is 4. The summed E-state index contributed by atoms with van der Waals surface area (Å²) in [5.41, 5.74) is 0.913. The van der Waals surface area contributed by atoms with E-state index in [2.05, 4.69) is 5.32 Å². The lowest BCUT2D eigenvalue weighted by Gasteiger charge is -2.29. The molecular weight excluding hydrogens is 394 g/mol. The highest BCUT2D eigenvalue weighted by Crippen LogP contribution is 2.35. The maximum Gasteiger partial charge on any atom is 0.242 e. The van der Waals surface area contributed by atoms with Crippen LogP contribution >= 0.6 is 0 Å². The normalized spacial score (nSPS) is 21.0. The van der Waals surface area contributed by atoms with E-state index in [9.17, 15) is 19.2 Å². The van der Waals surface area contributed by atoms with Gasteiger partial charge in [-0.15, -0.1) is 0 Å². The van der Waals surface area contributed by atoms with Crippen molar-refractivity contribution in [3.05, 3.63) is 48.0 Å². The Balaban J connectivity index is 1.68. The maximum absolute atomic E-state index is 13.1. The molecule has 1 saturated heterocycles. The van der Waals surface area contributed by atoms with Crippen LogP contribution in [0.2, 0.25) is 0 Å². The molecule has 7 nitrogen and oxygen atoms in total. The maximum atomic E-state index is 13.1. The summed E-state index contributed by atoms with van der Waals surface area (Å²) in [6.45, 7) is 4.56. The summed E-state index contributed by atoms with van der Waals surface area (Å²) in [7, 11) is 0. The molecule has 0 bridgehead atoms. The van der Waals surface area contributed by atoms with Crippen molar-refractivity contribution >= 4 is 23.6 Å². The largest absolute Gasteiger partial charge is 0.354 e. The van der Waals surface area contributed by atoms with E-state index >= 15 is 0 Å². The number of allylic oxidation sites excluding steroid dienone is 2. The number of amides is 4. The van der Waals surface area contributed by atoms with Gasteiger partial charge in [-0.25, -0.2) is 0 Å². The molecule has 1 aliphatic heterocycles. The van der Waals surface area contributed by atoms with Crippen molar-refractivity contribution in [2.24, 2.45) is 11.8 Å². The van der Waals surface area contributed by atoms with Gasteiger partial charge in [0.2, 0.25) is 23.6 Å². The molecule has 0 saturated carbocycles. The van der Waals surface area contributed by atoms with Crippen LogP contribution < -0.4 is 5.32 Å². The predicted octanol–water partition coefficient (Wildman–Crippen LogP) is 2.27. The molecule has 3 rings (SSSR count). The molecule has 1 aromatic carbocycles. The molecule has 1 aliphatic carbocycles. The summed E-state index contributed by atoms with van der Waals surface area (Å²) in [5.74, 6) is -1.43. The van der Waals surface area contributed by atoms with Crippen LogP contribution in [0.4, 0.5) is 0 Å². The number of nitrogens with one attached hydrogen (secondary N) is 1. The first-order valence-corrected chi connectivity index (χ1v) is 11.0. The van der Waals surface area contributed by atoms with Crippen molar-refractivity contribution in [1.82, 2.24) is 15.1 Å². The summed E-state index contributed by atoms with van der Waals surface area (Å²) in [4.78, 5) is 53.8. The fourth-order valence-electron chi connectivity index (χ4n) is 4.20. The third kappa shape index (κ3) is 5.21. The fraction of sp³-hybridized carbons (Fsp3) is 0.500. The van der Waals surface area contributed by atoms with Crippen molar-refractivity contribution < 1.29 is 19.2 Å². The van der Waals surface area contributed by atoms with Gasteiger partial charge in [0.15, 0.2) is 0 Å². The van der Waals surface area contributed by atoms with Gasteiger partial charge in [-0.2, -0.15) is 0 Å². The molecule has 166 valence electrons. The van der Waals surface area contributed by atoms with Gasteiger partial charge in [0.05, 0.1) is 11.8 Å². The Labute approximate surface area is 183 Å². The molecule has 1 heterocycles. The van der Waals surface area contributed by atoms with Gasteiger partial charge in [0, 0.05) is 26.1 Å². The van der Waals surface area contributed by atoms with Crippen LogP contribution in [-0.4, -0.2) is 52.6 Å². The Hall–Kier alpha value is -2.96. The number of benzene rings is 1. The number of carbonyl (C=O) groups is 4. The lowest BCUT2D eigenvalue weighted by Crippen LogP contribution is -2.48. The highest BCUT2D eigenvalue weighted by molar-refractivity contribution is 6.05. The van der Waals surface area contributed by atoms with Crippen molar-refractivity contribution in [2.75, 3.05) is 13.1 Å². The second kappa shape index (κ2) is 10.4. The van der Waals surface area contributed by atoms with Crippen LogP contribution in [-0.2, 0) is 25.7 Å². The Morgan fingerprint density at radius 1 is 1.10 bits per heavy atom. The Bertz CT molecular complexity index is 826. The minimum Gasteiger partial charge on any atom is -0.354 e. The second-order valence-electron chi connectivity index (χ2n) is 8.21. The van der Waals surface area contributed by atoms with Gasteiger partial charge < -0.3 is 10.2 Å². The van der Waals surface area contributed by atoms with Crippen LogP contribution in [0.5, 0.6) is 0 Å². The molecule has 3 atom stereocenters. The van der Waals surface area contributed by atoms with Gasteiger partial charge in [0.25, 0.3) is 0 Å². The highest BCUT2D eigenvalue weighted by atomic mass is 16.2. The summed E-state index contributed by atoms with van der Waals surface area (Å²) < 4.78 is 0.